The SMILES string of the molecule is Cc1cc(SN)nn1C. The number of nitrogens with two attached hydrogens (primary N) is 1. The van der Waals surface area contributed by atoms with E-state index < -0.39 is 0 Å². The van der Waals surface area contributed by atoms with Gasteiger partial charge in [0.05, 0.1) is 0 Å². The van der Waals surface area contributed by atoms with Gasteiger partial charge in [-0.15, -0.1) is 0 Å². The second-order valence-corrected chi connectivity index (χ2v) is 2.52. The van der Waals surface area contributed by atoms with Gasteiger partial charge in [0, 0.05) is 12.7 Å². The predicted octanol–water partition coefficient (Wildman–Crippen LogP) is 0.694. The first-order chi connectivity index (χ1) is 4.24. The van der Waals surface area contributed by atoms with E-state index in [9.17, 15) is 0 Å². The molecule has 0 aromatic carbocycles. The summed E-state index contributed by atoms with van der Waals surface area (Å²) in [6, 6.07) is 1.95. The third-order valence-electron chi connectivity index (χ3n) is 1.21. The van der Waals surface area contributed by atoms with Crippen LogP contribution >= 0.6 is 11.9 Å². The van der Waals surface area contributed by atoms with Crippen LogP contribution in [0.1, 0.15) is 5.69 Å². The van der Waals surface area contributed by atoms with Gasteiger partial charge in [-0.1, -0.05) is 0 Å². The lowest BCUT2D eigenvalue weighted by atomic mass is 10.5. The molecule has 9 heavy (non-hydrogen) atoms. The monoisotopic (exact) mass is 143 g/mol. The number of rotatable bonds is 1. The van der Waals surface area contributed by atoms with Gasteiger partial charge in [-0.25, -0.2) is 0 Å². The fourth-order valence-corrected chi connectivity index (χ4v) is 0.993. The molecule has 0 bridgehead atoms. The lowest BCUT2D eigenvalue weighted by Gasteiger charge is -1.87. The number of aromatic nitrogens is 2. The Morgan fingerprint density at radius 1 is 1.78 bits per heavy atom. The van der Waals surface area contributed by atoms with Crippen molar-refractivity contribution in [1.29, 1.82) is 0 Å². The summed E-state index contributed by atoms with van der Waals surface area (Å²) in [4.78, 5) is 0. The Kier molecular flexibility index (Phi) is 1.78. The van der Waals surface area contributed by atoms with E-state index in [1.54, 1.807) is 4.68 Å². The van der Waals surface area contributed by atoms with Gasteiger partial charge >= 0.3 is 0 Å². The quantitative estimate of drug-likeness (QED) is 0.588. The van der Waals surface area contributed by atoms with Crippen LogP contribution in [0.2, 0.25) is 0 Å². The van der Waals surface area contributed by atoms with E-state index in [0.717, 1.165) is 10.7 Å². The average molecular weight is 143 g/mol. The van der Waals surface area contributed by atoms with E-state index in [-0.39, 0.29) is 0 Å². The van der Waals surface area contributed by atoms with Crippen molar-refractivity contribution in [3.05, 3.63) is 11.8 Å². The fourth-order valence-electron chi connectivity index (χ4n) is 0.585. The smallest absolute Gasteiger partial charge is 0.133 e. The second kappa shape index (κ2) is 2.41. The normalized spacial score (nSPS) is 10.1. The minimum absolute atomic E-state index is 0.870. The van der Waals surface area contributed by atoms with Crippen LogP contribution < -0.4 is 5.14 Å². The molecule has 1 aromatic heterocycles. The zero-order valence-corrected chi connectivity index (χ0v) is 6.27. The topological polar surface area (TPSA) is 43.8 Å². The maximum atomic E-state index is 5.27. The molecule has 0 unspecified atom stereocenters. The molecule has 0 atom stereocenters. The summed E-state index contributed by atoms with van der Waals surface area (Å²) in [6.07, 6.45) is 0. The second-order valence-electron chi connectivity index (χ2n) is 1.87. The highest BCUT2D eigenvalue weighted by Gasteiger charge is 1.96. The van der Waals surface area contributed by atoms with Gasteiger partial charge in [-0.05, 0) is 24.9 Å². The summed E-state index contributed by atoms with van der Waals surface area (Å²) in [5.74, 6) is 0. The maximum absolute atomic E-state index is 5.27. The lowest BCUT2D eigenvalue weighted by Crippen LogP contribution is -1.92. The Labute approximate surface area is 58.4 Å². The predicted molar refractivity (Wildman–Crippen MR) is 38.0 cm³/mol. The van der Waals surface area contributed by atoms with E-state index in [2.05, 4.69) is 5.10 Å². The molecule has 3 nitrogen and oxygen atoms in total. The Morgan fingerprint density at radius 2 is 2.44 bits per heavy atom. The number of nitrogens with zero attached hydrogens (tertiary/aromatic N) is 2. The van der Waals surface area contributed by atoms with Crippen molar-refractivity contribution in [3.8, 4) is 0 Å². The van der Waals surface area contributed by atoms with Crippen molar-refractivity contribution in [3.63, 3.8) is 0 Å². The molecule has 2 N–H and O–H groups in total. The Morgan fingerprint density at radius 3 is 2.67 bits per heavy atom. The third-order valence-corrected chi connectivity index (χ3v) is 1.65. The van der Waals surface area contributed by atoms with Gasteiger partial charge in [0.25, 0.3) is 0 Å². The molecule has 4 heteroatoms. The van der Waals surface area contributed by atoms with Crippen molar-refractivity contribution in [2.75, 3.05) is 0 Å². The zero-order chi connectivity index (χ0) is 6.85. The highest BCUT2D eigenvalue weighted by Crippen LogP contribution is 2.09. The van der Waals surface area contributed by atoms with E-state index in [0.29, 0.717) is 0 Å². The van der Waals surface area contributed by atoms with Crippen molar-refractivity contribution >= 4 is 11.9 Å². The van der Waals surface area contributed by atoms with Crippen molar-refractivity contribution in [1.82, 2.24) is 9.78 Å². The number of hydrogen-bond acceptors (Lipinski definition) is 3. The molecule has 0 saturated heterocycles. The summed E-state index contributed by atoms with van der Waals surface area (Å²) in [7, 11) is 1.90. The lowest BCUT2D eigenvalue weighted by molar-refractivity contribution is 0.716. The van der Waals surface area contributed by atoms with E-state index in [1.807, 2.05) is 20.0 Å². The summed E-state index contributed by atoms with van der Waals surface area (Å²) in [5, 5.41) is 10.2. The van der Waals surface area contributed by atoms with Crippen LogP contribution in [0.25, 0.3) is 0 Å². The van der Waals surface area contributed by atoms with E-state index in [4.69, 9.17) is 5.14 Å². The first-order valence-corrected chi connectivity index (χ1v) is 3.49. The van der Waals surface area contributed by atoms with Crippen molar-refractivity contribution < 1.29 is 0 Å². The summed E-state index contributed by atoms with van der Waals surface area (Å²) in [5.41, 5.74) is 1.13. The molecule has 1 heterocycles. The molecular weight excluding hydrogens is 134 g/mol. The highest BCUT2D eigenvalue weighted by molar-refractivity contribution is 7.97. The number of aryl methyl sites for hydroxylation is 2. The van der Waals surface area contributed by atoms with Crippen LogP contribution in [-0.2, 0) is 7.05 Å². The molecule has 0 aliphatic carbocycles. The molecule has 0 amide bonds. The average Bonchev–Trinajstić information content (AvgIpc) is 2.13. The first kappa shape index (κ1) is 6.64. The summed E-state index contributed by atoms with van der Waals surface area (Å²) in [6.45, 7) is 1.99. The minimum Gasteiger partial charge on any atom is -0.272 e. The van der Waals surface area contributed by atoms with Gasteiger partial charge in [0.1, 0.15) is 5.03 Å². The highest BCUT2D eigenvalue weighted by atomic mass is 32.2. The first-order valence-electron chi connectivity index (χ1n) is 2.61. The molecule has 0 aliphatic rings. The Bertz CT molecular complexity index is 186. The Hall–Kier alpha value is -0.480. The Balaban J connectivity index is 2.98. The fraction of sp³-hybridized carbons (Fsp3) is 0.400. The van der Waals surface area contributed by atoms with Gasteiger partial charge < -0.3 is 0 Å². The van der Waals surface area contributed by atoms with Crippen LogP contribution in [0.3, 0.4) is 0 Å². The molecule has 0 fully saturated rings. The maximum Gasteiger partial charge on any atom is 0.133 e. The zero-order valence-electron chi connectivity index (χ0n) is 5.46. The molecule has 1 rings (SSSR count). The van der Waals surface area contributed by atoms with Gasteiger partial charge in [-0.2, -0.15) is 5.10 Å². The van der Waals surface area contributed by atoms with Gasteiger partial charge in [-0.3, -0.25) is 9.82 Å². The van der Waals surface area contributed by atoms with Crippen LogP contribution in [0.4, 0.5) is 0 Å². The molecule has 0 saturated carbocycles. The molecular formula is C5H9N3S. The molecule has 1 aromatic rings. The number of hydrogen-bond donors (Lipinski definition) is 1. The van der Waals surface area contributed by atoms with E-state index >= 15 is 0 Å². The summed E-state index contributed by atoms with van der Waals surface area (Å²) < 4.78 is 1.80. The van der Waals surface area contributed by atoms with Crippen molar-refractivity contribution in [2.24, 2.45) is 12.2 Å². The van der Waals surface area contributed by atoms with Crippen molar-refractivity contribution in [2.45, 2.75) is 11.9 Å². The molecule has 0 radical (unpaired) electrons. The van der Waals surface area contributed by atoms with Crippen LogP contribution in [0, 0.1) is 6.92 Å². The molecule has 0 aliphatic heterocycles. The van der Waals surface area contributed by atoms with Crippen LogP contribution in [-0.4, -0.2) is 9.78 Å². The molecule has 0 spiro atoms. The summed E-state index contributed by atoms with van der Waals surface area (Å²) >= 11 is 1.17. The largest absolute Gasteiger partial charge is 0.272 e. The van der Waals surface area contributed by atoms with E-state index in [1.165, 1.54) is 11.9 Å². The minimum atomic E-state index is 0.870. The van der Waals surface area contributed by atoms with Crippen LogP contribution in [0.15, 0.2) is 11.1 Å². The van der Waals surface area contributed by atoms with Gasteiger partial charge in [0.2, 0.25) is 0 Å². The van der Waals surface area contributed by atoms with Gasteiger partial charge in [0.15, 0.2) is 0 Å². The standard InChI is InChI=1S/C5H9N3S/c1-4-3-5(9-6)7-8(4)2/h3H,6H2,1-2H3. The van der Waals surface area contributed by atoms with Crippen LogP contribution in [0.5, 0.6) is 0 Å². The third kappa shape index (κ3) is 1.25. The molecule has 50 valence electrons.